The lowest BCUT2D eigenvalue weighted by Crippen LogP contribution is -2.23. The van der Waals surface area contributed by atoms with Gasteiger partial charge in [-0.3, -0.25) is 4.90 Å². The molecule has 3 rings (SSSR count). The highest BCUT2D eigenvalue weighted by Gasteiger charge is 2.29. The lowest BCUT2D eigenvalue weighted by molar-refractivity contribution is 0.236. The molecule has 2 aromatic rings. The molecule has 1 fully saturated rings. The molecule has 1 aliphatic heterocycles. The van der Waals surface area contributed by atoms with Gasteiger partial charge in [0, 0.05) is 18.5 Å². The predicted octanol–water partition coefficient (Wildman–Crippen LogP) is 4.91. The van der Waals surface area contributed by atoms with Crippen molar-refractivity contribution < 1.29 is 9.26 Å². The molecule has 2 heterocycles. The molecule has 0 spiro atoms. The van der Waals surface area contributed by atoms with Crippen molar-refractivity contribution in [2.75, 3.05) is 13.7 Å². The fourth-order valence-corrected chi connectivity index (χ4v) is 3.71. The summed E-state index contributed by atoms with van der Waals surface area (Å²) in [5.41, 5.74) is 2.34. The average Bonchev–Trinajstić information content (AvgIpc) is 3.16. The summed E-state index contributed by atoms with van der Waals surface area (Å²) in [7, 11) is 1.69. The van der Waals surface area contributed by atoms with Crippen molar-refractivity contribution in [1.82, 2.24) is 10.1 Å². The number of benzene rings is 1. The lowest BCUT2D eigenvalue weighted by atomic mass is 10.1. The van der Waals surface area contributed by atoms with E-state index in [1.165, 1.54) is 12.0 Å². The zero-order valence-corrected chi connectivity index (χ0v) is 15.5. The van der Waals surface area contributed by atoms with Gasteiger partial charge in [-0.25, -0.2) is 0 Å². The van der Waals surface area contributed by atoms with Crippen LogP contribution in [-0.2, 0) is 6.54 Å². The Morgan fingerprint density at radius 2 is 2.22 bits per heavy atom. The van der Waals surface area contributed by atoms with Gasteiger partial charge in [-0.1, -0.05) is 25.1 Å². The summed E-state index contributed by atoms with van der Waals surface area (Å²) in [5, 5.41) is 4.31. The highest BCUT2D eigenvalue weighted by atomic mass is 79.9. The predicted molar refractivity (Wildman–Crippen MR) is 93.7 cm³/mol. The monoisotopic (exact) mass is 378 g/mol. The van der Waals surface area contributed by atoms with Gasteiger partial charge in [0.15, 0.2) is 0 Å². The molecule has 23 heavy (non-hydrogen) atoms. The minimum absolute atomic E-state index is 0.354. The Morgan fingerprint density at radius 3 is 2.87 bits per heavy atom. The van der Waals surface area contributed by atoms with Gasteiger partial charge in [0.1, 0.15) is 17.2 Å². The fraction of sp³-hybridized carbons (Fsp3) is 0.500. The van der Waals surface area contributed by atoms with Crippen LogP contribution in [0.25, 0.3) is 0 Å². The van der Waals surface area contributed by atoms with Gasteiger partial charge in [-0.15, -0.1) is 0 Å². The van der Waals surface area contributed by atoms with Crippen LogP contribution in [0.5, 0.6) is 5.75 Å². The zero-order valence-electron chi connectivity index (χ0n) is 13.9. The molecular weight excluding hydrogens is 356 g/mol. The molecule has 0 saturated carbocycles. The molecule has 1 aliphatic rings. The number of hydrogen-bond donors (Lipinski definition) is 0. The molecule has 0 bridgehead atoms. The number of likely N-dealkylation sites (tertiary alicyclic amines) is 1. The van der Waals surface area contributed by atoms with Gasteiger partial charge in [0.05, 0.1) is 17.6 Å². The minimum atomic E-state index is 0.354. The van der Waals surface area contributed by atoms with Crippen molar-refractivity contribution >= 4 is 15.9 Å². The Bertz CT molecular complexity index is 669. The number of aromatic nitrogens is 1. The first-order valence-electron chi connectivity index (χ1n) is 8.11. The standard InChI is InChI=1S/C18H23BrN2O2/c1-12(2)18-10-15(20-23-18)16-5-4-8-21(16)11-13-6-7-17(22-3)14(19)9-13/h6-7,9-10,12,16H,4-5,8,11H2,1-3H3/t16-/m0/s1. The van der Waals surface area contributed by atoms with Gasteiger partial charge in [-0.05, 0) is 53.0 Å². The lowest BCUT2D eigenvalue weighted by Gasteiger charge is -2.23. The average molecular weight is 379 g/mol. The van der Waals surface area contributed by atoms with Crippen molar-refractivity contribution in [3.8, 4) is 5.75 Å². The Kier molecular flexibility index (Phi) is 5.07. The van der Waals surface area contributed by atoms with Gasteiger partial charge < -0.3 is 9.26 Å². The normalized spacial score (nSPS) is 18.7. The largest absolute Gasteiger partial charge is 0.496 e. The Balaban J connectivity index is 1.75. The highest BCUT2D eigenvalue weighted by molar-refractivity contribution is 9.10. The maximum Gasteiger partial charge on any atom is 0.139 e. The molecule has 1 atom stereocenters. The molecule has 0 N–H and O–H groups in total. The number of methoxy groups -OCH3 is 1. The molecule has 4 nitrogen and oxygen atoms in total. The molecule has 0 aliphatic carbocycles. The van der Waals surface area contributed by atoms with E-state index in [1.54, 1.807) is 7.11 Å². The number of halogens is 1. The third-order valence-corrected chi connectivity index (χ3v) is 5.04. The zero-order chi connectivity index (χ0) is 16.4. The van der Waals surface area contributed by atoms with Crippen molar-refractivity contribution in [3.05, 3.63) is 45.8 Å². The fourth-order valence-electron chi connectivity index (χ4n) is 3.13. The van der Waals surface area contributed by atoms with E-state index in [1.807, 2.05) is 6.07 Å². The van der Waals surface area contributed by atoms with Gasteiger partial charge >= 0.3 is 0 Å². The summed E-state index contributed by atoms with van der Waals surface area (Å²) in [5.74, 6) is 2.22. The second-order valence-corrected chi connectivity index (χ2v) is 7.26. The van der Waals surface area contributed by atoms with E-state index in [2.05, 4.69) is 58.0 Å². The maximum atomic E-state index is 5.49. The Hall–Kier alpha value is -1.33. The molecule has 0 amide bonds. The maximum absolute atomic E-state index is 5.49. The first-order valence-corrected chi connectivity index (χ1v) is 8.90. The van der Waals surface area contributed by atoms with Crippen LogP contribution in [0.3, 0.4) is 0 Å². The molecule has 0 unspecified atom stereocenters. The minimum Gasteiger partial charge on any atom is -0.496 e. The molecule has 5 heteroatoms. The third-order valence-electron chi connectivity index (χ3n) is 4.42. The van der Waals surface area contributed by atoms with Crippen molar-refractivity contribution in [3.63, 3.8) is 0 Å². The van der Waals surface area contributed by atoms with E-state index >= 15 is 0 Å². The quantitative estimate of drug-likeness (QED) is 0.740. The van der Waals surface area contributed by atoms with Crippen LogP contribution < -0.4 is 4.74 Å². The van der Waals surface area contributed by atoms with Crippen LogP contribution in [0.4, 0.5) is 0 Å². The summed E-state index contributed by atoms with van der Waals surface area (Å²) in [6.45, 7) is 6.27. The SMILES string of the molecule is COc1ccc(CN2CCC[C@H]2c2cc(C(C)C)on2)cc1Br. The van der Waals surface area contributed by atoms with Crippen LogP contribution in [0.2, 0.25) is 0 Å². The molecule has 1 aromatic heterocycles. The summed E-state index contributed by atoms with van der Waals surface area (Å²) >= 11 is 3.57. The number of ether oxygens (including phenoxy) is 1. The van der Waals surface area contributed by atoms with Crippen molar-refractivity contribution in [1.29, 1.82) is 0 Å². The van der Waals surface area contributed by atoms with E-state index in [9.17, 15) is 0 Å². The van der Waals surface area contributed by atoms with Crippen LogP contribution >= 0.6 is 15.9 Å². The number of nitrogens with zero attached hydrogens (tertiary/aromatic N) is 2. The Labute approximate surface area is 145 Å². The number of rotatable bonds is 5. The van der Waals surface area contributed by atoms with Crippen LogP contribution in [0.15, 0.2) is 33.3 Å². The first-order chi connectivity index (χ1) is 11.1. The Morgan fingerprint density at radius 1 is 1.39 bits per heavy atom. The van der Waals surface area contributed by atoms with Crippen molar-refractivity contribution in [2.45, 2.75) is 45.2 Å². The van der Waals surface area contributed by atoms with Crippen LogP contribution in [-0.4, -0.2) is 23.7 Å². The second-order valence-electron chi connectivity index (χ2n) is 6.41. The topological polar surface area (TPSA) is 38.5 Å². The van der Waals surface area contributed by atoms with Crippen LogP contribution in [0, 0.1) is 0 Å². The summed E-state index contributed by atoms with van der Waals surface area (Å²) < 4.78 is 11.8. The molecule has 1 aromatic carbocycles. The third kappa shape index (κ3) is 3.61. The summed E-state index contributed by atoms with van der Waals surface area (Å²) in [4.78, 5) is 2.48. The van der Waals surface area contributed by atoms with E-state index < -0.39 is 0 Å². The summed E-state index contributed by atoms with van der Waals surface area (Å²) in [6.07, 6.45) is 2.34. The smallest absolute Gasteiger partial charge is 0.139 e. The number of hydrogen-bond acceptors (Lipinski definition) is 4. The molecule has 1 saturated heterocycles. The summed E-state index contributed by atoms with van der Waals surface area (Å²) in [6, 6.07) is 8.75. The van der Waals surface area contributed by atoms with E-state index in [0.29, 0.717) is 12.0 Å². The van der Waals surface area contributed by atoms with E-state index in [4.69, 9.17) is 9.26 Å². The van der Waals surface area contributed by atoms with Crippen LogP contribution in [0.1, 0.15) is 55.7 Å². The van der Waals surface area contributed by atoms with Gasteiger partial charge in [-0.2, -0.15) is 0 Å². The highest BCUT2D eigenvalue weighted by Crippen LogP contribution is 2.34. The molecular formula is C18H23BrN2O2. The first kappa shape index (κ1) is 16.5. The molecule has 124 valence electrons. The van der Waals surface area contributed by atoms with Crippen molar-refractivity contribution in [2.24, 2.45) is 0 Å². The van der Waals surface area contributed by atoms with Gasteiger partial charge in [0.25, 0.3) is 0 Å². The van der Waals surface area contributed by atoms with E-state index in [-0.39, 0.29) is 0 Å². The van der Waals surface area contributed by atoms with E-state index in [0.717, 1.165) is 41.2 Å². The van der Waals surface area contributed by atoms with Gasteiger partial charge in [0.2, 0.25) is 0 Å². The molecule has 0 radical (unpaired) electrons. The second kappa shape index (κ2) is 7.05.